The first-order valence-corrected chi connectivity index (χ1v) is 4.47. The van der Waals surface area contributed by atoms with Gasteiger partial charge in [0.15, 0.2) is 0 Å². The Kier molecular flexibility index (Phi) is 2.92. The number of nitrogens with one attached hydrogen (secondary N) is 2. The second-order valence-electron chi connectivity index (χ2n) is 3.37. The highest BCUT2D eigenvalue weighted by Crippen LogP contribution is 2.21. The molecule has 0 aromatic heterocycles. The van der Waals surface area contributed by atoms with Crippen LogP contribution in [0.4, 0.5) is 4.79 Å². The summed E-state index contributed by atoms with van der Waals surface area (Å²) in [6.45, 7) is 4.02. The molecule has 4 N–H and O–H groups in total. The molecule has 0 spiro atoms. The van der Waals surface area contributed by atoms with E-state index in [-0.39, 0.29) is 5.54 Å². The summed E-state index contributed by atoms with van der Waals surface area (Å²) < 4.78 is 0. The van der Waals surface area contributed by atoms with Crippen molar-refractivity contribution in [3.63, 3.8) is 0 Å². The molecule has 1 aliphatic heterocycles. The molecule has 1 saturated heterocycles. The first-order chi connectivity index (χ1) is 5.68. The van der Waals surface area contributed by atoms with Crippen LogP contribution in [0, 0.1) is 0 Å². The van der Waals surface area contributed by atoms with Gasteiger partial charge in [0.05, 0.1) is 0 Å². The molecule has 1 fully saturated rings. The molecule has 1 heterocycles. The van der Waals surface area contributed by atoms with Crippen LogP contribution in [0.5, 0.6) is 0 Å². The third kappa shape index (κ3) is 2.11. The van der Waals surface area contributed by atoms with E-state index in [0.717, 1.165) is 32.4 Å². The highest BCUT2D eigenvalue weighted by atomic mass is 16.2. The summed E-state index contributed by atoms with van der Waals surface area (Å²) in [6, 6.07) is -0.404. The SMILES string of the molecule is CCC1(NC(N)=O)CCNCC1. The Labute approximate surface area is 72.9 Å². The molecule has 0 aromatic carbocycles. The van der Waals surface area contributed by atoms with Crippen molar-refractivity contribution in [2.75, 3.05) is 13.1 Å². The molecule has 0 unspecified atom stereocenters. The van der Waals surface area contributed by atoms with Crippen LogP contribution in [0.2, 0.25) is 0 Å². The molecule has 4 nitrogen and oxygen atoms in total. The Bertz CT molecular complexity index is 164. The molecular weight excluding hydrogens is 154 g/mol. The van der Waals surface area contributed by atoms with Gasteiger partial charge in [0, 0.05) is 5.54 Å². The van der Waals surface area contributed by atoms with Gasteiger partial charge < -0.3 is 16.4 Å². The molecule has 0 saturated carbocycles. The molecule has 2 amide bonds. The van der Waals surface area contributed by atoms with Crippen LogP contribution in [0.15, 0.2) is 0 Å². The number of rotatable bonds is 2. The van der Waals surface area contributed by atoms with E-state index in [1.54, 1.807) is 0 Å². The van der Waals surface area contributed by atoms with Crippen LogP contribution < -0.4 is 16.4 Å². The summed E-state index contributed by atoms with van der Waals surface area (Å²) in [5.41, 5.74) is 5.07. The number of piperidine rings is 1. The fourth-order valence-corrected chi connectivity index (χ4v) is 1.73. The predicted octanol–water partition coefficient (Wildman–Crippen LogP) is 0.187. The lowest BCUT2D eigenvalue weighted by atomic mass is 9.86. The second kappa shape index (κ2) is 3.76. The van der Waals surface area contributed by atoms with E-state index in [1.165, 1.54) is 0 Å². The summed E-state index contributed by atoms with van der Waals surface area (Å²) in [7, 11) is 0. The van der Waals surface area contributed by atoms with Crippen molar-refractivity contribution in [1.29, 1.82) is 0 Å². The first-order valence-electron chi connectivity index (χ1n) is 4.47. The van der Waals surface area contributed by atoms with Crippen molar-refractivity contribution in [3.05, 3.63) is 0 Å². The van der Waals surface area contributed by atoms with Crippen molar-refractivity contribution in [3.8, 4) is 0 Å². The van der Waals surface area contributed by atoms with E-state index in [2.05, 4.69) is 17.6 Å². The van der Waals surface area contributed by atoms with Crippen molar-refractivity contribution in [2.24, 2.45) is 5.73 Å². The molecule has 0 aliphatic carbocycles. The van der Waals surface area contributed by atoms with Crippen molar-refractivity contribution < 1.29 is 4.79 Å². The van der Waals surface area contributed by atoms with Crippen molar-refractivity contribution in [2.45, 2.75) is 31.7 Å². The van der Waals surface area contributed by atoms with E-state index >= 15 is 0 Å². The molecule has 12 heavy (non-hydrogen) atoms. The minimum absolute atomic E-state index is 0.0446. The zero-order valence-corrected chi connectivity index (χ0v) is 7.52. The van der Waals surface area contributed by atoms with E-state index < -0.39 is 6.03 Å². The maximum atomic E-state index is 10.7. The van der Waals surface area contributed by atoms with E-state index in [9.17, 15) is 4.79 Å². The molecule has 1 rings (SSSR count). The smallest absolute Gasteiger partial charge is 0.312 e. The van der Waals surface area contributed by atoms with Gasteiger partial charge >= 0.3 is 6.03 Å². The number of urea groups is 1. The third-order valence-corrected chi connectivity index (χ3v) is 2.63. The van der Waals surface area contributed by atoms with E-state index in [4.69, 9.17) is 5.73 Å². The fraction of sp³-hybridized carbons (Fsp3) is 0.875. The number of carbonyl (C=O) groups excluding carboxylic acids is 1. The Morgan fingerprint density at radius 1 is 1.58 bits per heavy atom. The normalized spacial score (nSPS) is 21.8. The first kappa shape index (κ1) is 9.32. The highest BCUT2D eigenvalue weighted by Gasteiger charge is 2.30. The Hall–Kier alpha value is -0.770. The predicted molar refractivity (Wildman–Crippen MR) is 47.8 cm³/mol. The minimum atomic E-state index is -0.404. The summed E-state index contributed by atoms with van der Waals surface area (Å²) in [5, 5.41) is 6.10. The zero-order valence-electron chi connectivity index (χ0n) is 7.52. The lowest BCUT2D eigenvalue weighted by Gasteiger charge is -2.37. The topological polar surface area (TPSA) is 67.1 Å². The molecule has 4 heteroatoms. The Morgan fingerprint density at radius 2 is 2.17 bits per heavy atom. The molecule has 0 atom stereocenters. The number of hydrogen-bond acceptors (Lipinski definition) is 2. The van der Waals surface area contributed by atoms with Crippen LogP contribution in [-0.4, -0.2) is 24.7 Å². The molecule has 0 aromatic rings. The molecule has 70 valence electrons. The summed E-state index contributed by atoms with van der Waals surface area (Å²) in [5.74, 6) is 0. The lowest BCUT2D eigenvalue weighted by molar-refractivity contribution is 0.210. The molecule has 0 bridgehead atoms. The average molecular weight is 171 g/mol. The molecular formula is C8H17N3O. The van der Waals surface area contributed by atoms with Gasteiger partial charge in [-0.2, -0.15) is 0 Å². The number of nitrogens with two attached hydrogens (primary N) is 1. The summed E-state index contributed by atoms with van der Waals surface area (Å²) >= 11 is 0. The van der Waals surface area contributed by atoms with Gasteiger partial charge in [0.25, 0.3) is 0 Å². The van der Waals surface area contributed by atoms with Crippen molar-refractivity contribution >= 4 is 6.03 Å². The maximum Gasteiger partial charge on any atom is 0.312 e. The largest absolute Gasteiger partial charge is 0.352 e. The van der Waals surface area contributed by atoms with Crippen LogP contribution in [0.1, 0.15) is 26.2 Å². The van der Waals surface area contributed by atoms with Gasteiger partial charge in [-0.05, 0) is 32.4 Å². The molecule has 1 aliphatic rings. The van der Waals surface area contributed by atoms with Gasteiger partial charge in [-0.15, -0.1) is 0 Å². The van der Waals surface area contributed by atoms with E-state index in [1.807, 2.05) is 0 Å². The van der Waals surface area contributed by atoms with Gasteiger partial charge in [0.1, 0.15) is 0 Å². The summed E-state index contributed by atoms with van der Waals surface area (Å²) in [6.07, 6.45) is 2.91. The maximum absolute atomic E-state index is 10.7. The van der Waals surface area contributed by atoms with E-state index in [0.29, 0.717) is 0 Å². The van der Waals surface area contributed by atoms with Gasteiger partial charge in [0.2, 0.25) is 0 Å². The number of hydrogen-bond donors (Lipinski definition) is 3. The van der Waals surface area contributed by atoms with Gasteiger partial charge in [-0.1, -0.05) is 6.92 Å². The Balaban J connectivity index is 2.53. The molecule has 0 radical (unpaired) electrons. The Morgan fingerprint density at radius 3 is 2.58 bits per heavy atom. The van der Waals surface area contributed by atoms with Crippen LogP contribution in [-0.2, 0) is 0 Å². The highest BCUT2D eigenvalue weighted by molar-refractivity contribution is 5.72. The van der Waals surface area contributed by atoms with Crippen LogP contribution in [0.3, 0.4) is 0 Å². The van der Waals surface area contributed by atoms with Gasteiger partial charge in [-0.3, -0.25) is 0 Å². The lowest BCUT2D eigenvalue weighted by Crippen LogP contribution is -2.55. The minimum Gasteiger partial charge on any atom is -0.352 e. The number of amides is 2. The third-order valence-electron chi connectivity index (χ3n) is 2.63. The van der Waals surface area contributed by atoms with Crippen LogP contribution in [0.25, 0.3) is 0 Å². The van der Waals surface area contributed by atoms with Gasteiger partial charge in [-0.25, -0.2) is 4.79 Å². The number of carbonyl (C=O) groups is 1. The second-order valence-corrected chi connectivity index (χ2v) is 3.37. The van der Waals surface area contributed by atoms with Crippen LogP contribution >= 0.6 is 0 Å². The summed E-state index contributed by atoms with van der Waals surface area (Å²) in [4.78, 5) is 10.7. The average Bonchev–Trinajstić information content (AvgIpc) is 2.05. The number of primary amides is 1. The fourth-order valence-electron chi connectivity index (χ4n) is 1.73. The standard InChI is InChI=1S/C8H17N3O/c1-2-8(11-7(9)12)3-5-10-6-4-8/h10H,2-6H2,1H3,(H3,9,11,12). The van der Waals surface area contributed by atoms with Crippen molar-refractivity contribution in [1.82, 2.24) is 10.6 Å². The monoisotopic (exact) mass is 171 g/mol. The zero-order chi connectivity index (χ0) is 9.03. The quantitative estimate of drug-likeness (QED) is 0.555.